The molecule has 0 radical (unpaired) electrons. The molecule has 3 atom stereocenters. The van der Waals surface area contributed by atoms with Gasteiger partial charge >= 0.3 is 6.18 Å². The maximum Gasteiger partial charge on any atom is 0.417 e. The number of rotatable bonds is 3. The van der Waals surface area contributed by atoms with E-state index < -0.39 is 11.7 Å². The molecule has 1 saturated heterocycles. The van der Waals surface area contributed by atoms with E-state index in [1.165, 1.54) is 6.07 Å². The number of amides is 1. The number of nitrogens with one attached hydrogen (secondary N) is 2. The number of para-hydroxylation sites is 1. The van der Waals surface area contributed by atoms with Gasteiger partial charge in [-0.25, -0.2) is 4.98 Å². The molecule has 0 spiro atoms. The quantitative estimate of drug-likeness (QED) is 0.689. The first-order valence-corrected chi connectivity index (χ1v) is 9.57. The van der Waals surface area contributed by atoms with E-state index in [2.05, 4.69) is 15.3 Å². The van der Waals surface area contributed by atoms with E-state index in [0.29, 0.717) is 23.8 Å². The Morgan fingerprint density at radius 3 is 2.76 bits per heavy atom. The summed E-state index contributed by atoms with van der Waals surface area (Å²) < 4.78 is 38.2. The van der Waals surface area contributed by atoms with E-state index in [1.807, 2.05) is 35.4 Å². The molecule has 1 aliphatic heterocycles. The molecule has 2 aromatic heterocycles. The maximum absolute atomic E-state index is 13.2. The third kappa shape index (κ3) is 3.12. The second-order valence-electron chi connectivity index (χ2n) is 7.79. The fourth-order valence-corrected chi connectivity index (χ4v) is 4.67. The molecule has 2 bridgehead atoms. The Balaban J connectivity index is 1.35. The first kappa shape index (κ1) is 18.0. The van der Waals surface area contributed by atoms with Crippen LogP contribution >= 0.6 is 0 Å². The fourth-order valence-electron chi connectivity index (χ4n) is 4.67. The van der Waals surface area contributed by atoms with E-state index in [4.69, 9.17) is 0 Å². The van der Waals surface area contributed by atoms with Crippen molar-refractivity contribution in [1.29, 1.82) is 0 Å². The lowest BCUT2D eigenvalue weighted by molar-refractivity contribution is -0.137. The number of benzene rings is 1. The van der Waals surface area contributed by atoms with Crippen molar-refractivity contribution in [2.24, 2.45) is 5.92 Å². The molecular formula is C21H19F3N4O. The molecule has 5 nitrogen and oxygen atoms in total. The second-order valence-corrected chi connectivity index (χ2v) is 7.79. The van der Waals surface area contributed by atoms with Crippen LogP contribution in [0.1, 0.15) is 28.8 Å². The van der Waals surface area contributed by atoms with Crippen molar-refractivity contribution >= 4 is 22.6 Å². The molecule has 2 fully saturated rings. The Kier molecular flexibility index (Phi) is 4.04. The number of alkyl halides is 3. The van der Waals surface area contributed by atoms with Gasteiger partial charge in [-0.1, -0.05) is 12.1 Å². The number of aromatic amines is 1. The summed E-state index contributed by atoms with van der Waals surface area (Å²) in [5.41, 5.74) is 0.701. The summed E-state index contributed by atoms with van der Waals surface area (Å²) in [6.45, 7) is 0.708. The van der Waals surface area contributed by atoms with Gasteiger partial charge in [0.2, 0.25) is 0 Å². The van der Waals surface area contributed by atoms with Crippen LogP contribution < -0.4 is 5.32 Å². The van der Waals surface area contributed by atoms with E-state index in [9.17, 15) is 18.0 Å². The SMILES string of the molecule is O=C(c1cccc2cc[nH]c12)N1CC2CC(Nc3ccc(C(F)(F)F)cn3)C1C2. The number of hydrogen-bond acceptors (Lipinski definition) is 3. The number of carbonyl (C=O) groups is 1. The highest BCUT2D eigenvalue weighted by molar-refractivity contribution is 6.06. The summed E-state index contributed by atoms with van der Waals surface area (Å²) in [4.78, 5) is 22.2. The molecule has 1 amide bonds. The minimum absolute atomic E-state index is 0.00168. The van der Waals surface area contributed by atoms with E-state index in [0.717, 1.165) is 36.0 Å². The van der Waals surface area contributed by atoms with Crippen molar-refractivity contribution in [3.05, 3.63) is 59.9 Å². The molecule has 2 aliphatic rings. The normalized spacial score (nSPS) is 23.7. The Morgan fingerprint density at radius 2 is 2.03 bits per heavy atom. The van der Waals surface area contributed by atoms with Gasteiger partial charge in [0.25, 0.3) is 5.91 Å². The zero-order chi connectivity index (χ0) is 20.2. The number of piperidine rings is 1. The lowest BCUT2D eigenvalue weighted by Crippen LogP contribution is -2.47. The van der Waals surface area contributed by atoms with Crippen LogP contribution in [0.25, 0.3) is 10.9 Å². The van der Waals surface area contributed by atoms with Gasteiger partial charge in [-0.05, 0) is 43.0 Å². The summed E-state index contributed by atoms with van der Waals surface area (Å²) in [6, 6.07) is 9.94. The number of hydrogen-bond donors (Lipinski definition) is 2. The number of fused-ring (bicyclic) bond motifs is 3. The second kappa shape index (κ2) is 6.50. The van der Waals surface area contributed by atoms with E-state index in [1.54, 1.807) is 0 Å². The molecule has 1 aromatic carbocycles. The highest BCUT2D eigenvalue weighted by atomic mass is 19.4. The van der Waals surface area contributed by atoms with Crippen LogP contribution in [0.2, 0.25) is 0 Å². The van der Waals surface area contributed by atoms with Crippen LogP contribution in [0.5, 0.6) is 0 Å². The highest BCUT2D eigenvalue weighted by Gasteiger charge is 2.47. The van der Waals surface area contributed by atoms with Crippen LogP contribution in [0.15, 0.2) is 48.8 Å². The summed E-state index contributed by atoms with van der Waals surface area (Å²) in [6.07, 6.45) is 0.0250. The summed E-state index contributed by atoms with van der Waals surface area (Å²) in [5, 5.41) is 4.23. The predicted octanol–water partition coefficient (Wildman–Crippen LogP) is 4.30. The Hall–Kier alpha value is -3.03. The van der Waals surface area contributed by atoms with Gasteiger partial charge in [0.05, 0.1) is 22.7 Å². The Labute approximate surface area is 164 Å². The van der Waals surface area contributed by atoms with E-state index >= 15 is 0 Å². The summed E-state index contributed by atoms with van der Waals surface area (Å²) in [5.74, 6) is 0.769. The zero-order valence-electron chi connectivity index (χ0n) is 15.4. The third-order valence-corrected chi connectivity index (χ3v) is 5.98. The number of halogens is 3. The first-order valence-electron chi connectivity index (χ1n) is 9.57. The van der Waals surface area contributed by atoms with Crippen molar-refractivity contribution in [2.45, 2.75) is 31.1 Å². The van der Waals surface area contributed by atoms with Crippen LogP contribution in [-0.4, -0.2) is 39.4 Å². The molecule has 2 N–H and O–H groups in total. The standard InChI is InChI=1S/C21H19F3N4O/c22-21(23,24)14-4-5-18(26-10-14)27-16-8-12-9-17(16)28(11-12)20(29)15-3-1-2-13-6-7-25-19(13)15/h1-7,10,12,16-17,25H,8-9,11H2,(H,26,27). The van der Waals surface area contributed by atoms with Crippen LogP contribution in [0, 0.1) is 5.92 Å². The van der Waals surface area contributed by atoms with Crippen molar-refractivity contribution < 1.29 is 18.0 Å². The van der Waals surface area contributed by atoms with Crippen molar-refractivity contribution in [3.63, 3.8) is 0 Å². The summed E-state index contributed by atoms with van der Waals surface area (Å²) in [7, 11) is 0. The molecule has 3 heterocycles. The number of pyridine rings is 1. The number of carbonyl (C=O) groups excluding carboxylic acids is 1. The largest absolute Gasteiger partial charge is 0.417 e. The smallest absolute Gasteiger partial charge is 0.365 e. The zero-order valence-corrected chi connectivity index (χ0v) is 15.4. The monoisotopic (exact) mass is 400 g/mol. The van der Waals surface area contributed by atoms with Crippen molar-refractivity contribution in [2.75, 3.05) is 11.9 Å². The van der Waals surface area contributed by atoms with Crippen molar-refractivity contribution in [3.8, 4) is 0 Å². The first-order chi connectivity index (χ1) is 13.9. The van der Waals surface area contributed by atoms with Gasteiger partial charge in [0.15, 0.2) is 0 Å². The number of nitrogens with zero attached hydrogens (tertiary/aromatic N) is 2. The number of likely N-dealkylation sites (tertiary alicyclic amines) is 1. The molecule has 5 rings (SSSR count). The van der Waals surface area contributed by atoms with Gasteiger partial charge in [-0.2, -0.15) is 13.2 Å². The highest BCUT2D eigenvalue weighted by Crippen LogP contribution is 2.40. The predicted molar refractivity (Wildman–Crippen MR) is 102 cm³/mol. The molecule has 150 valence electrons. The summed E-state index contributed by atoms with van der Waals surface area (Å²) >= 11 is 0. The Bertz CT molecular complexity index is 1060. The van der Waals surface area contributed by atoms with Crippen molar-refractivity contribution in [1.82, 2.24) is 14.9 Å². The van der Waals surface area contributed by atoms with Gasteiger partial charge in [-0.15, -0.1) is 0 Å². The molecule has 8 heteroatoms. The Morgan fingerprint density at radius 1 is 1.17 bits per heavy atom. The number of aromatic nitrogens is 2. The molecular weight excluding hydrogens is 381 g/mol. The van der Waals surface area contributed by atoms with E-state index in [-0.39, 0.29) is 18.0 Å². The molecule has 3 aromatic rings. The lowest BCUT2D eigenvalue weighted by Gasteiger charge is -2.34. The van der Waals surface area contributed by atoms with Gasteiger partial charge in [0, 0.05) is 30.4 Å². The van der Waals surface area contributed by atoms with Crippen LogP contribution in [-0.2, 0) is 6.18 Å². The fraction of sp³-hybridized carbons (Fsp3) is 0.333. The van der Waals surface area contributed by atoms with Gasteiger partial charge in [0.1, 0.15) is 5.82 Å². The molecule has 1 saturated carbocycles. The number of anilines is 1. The third-order valence-electron chi connectivity index (χ3n) is 5.98. The van der Waals surface area contributed by atoms with Gasteiger partial charge < -0.3 is 15.2 Å². The minimum Gasteiger partial charge on any atom is -0.365 e. The average Bonchev–Trinajstić information content (AvgIpc) is 3.42. The van der Waals surface area contributed by atoms with Crippen LogP contribution in [0.4, 0.5) is 19.0 Å². The average molecular weight is 400 g/mol. The van der Waals surface area contributed by atoms with Gasteiger partial charge in [-0.3, -0.25) is 4.79 Å². The number of H-pyrrole nitrogens is 1. The van der Waals surface area contributed by atoms with Crippen LogP contribution in [0.3, 0.4) is 0 Å². The molecule has 29 heavy (non-hydrogen) atoms. The topological polar surface area (TPSA) is 61.0 Å². The minimum atomic E-state index is -4.40. The lowest BCUT2D eigenvalue weighted by atomic mass is 10.0. The molecule has 1 aliphatic carbocycles. The molecule has 3 unspecified atom stereocenters. The maximum atomic E-state index is 13.2.